The zero-order valence-corrected chi connectivity index (χ0v) is 15.6. The molecule has 3 aromatic rings. The Bertz CT molecular complexity index is 1120. The van der Waals surface area contributed by atoms with Crippen molar-refractivity contribution in [1.29, 1.82) is 0 Å². The number of ether oxygens (including phenoxy) is 1. The van der Waals surface area contributed by atoms with Crippen molar-refractivity contribution in [1.82, 2.24) is 9.24 Å². The fraction of sp³-hybridized carbons (Fsp3) is 0.100. The molecule has 2 aromatic carbocycles. The van der Waals surface area contributed by atoms with Gasteiger partial charge in [0.2, 0.25) is 4.77 Å². The fourth-order valence-corrected chi connectivity index (χ4v) is 2.93. The molecule has 7 heteroatoms. The topological polar surface area (TPSA) is 65.6 Å². The molecule has 6 nitrogen and oxygen atoms in total. The second-order valence-corrected chi connectivity index (χ2v) is 6.04. The van der Waals surface area contributed by atoms with Crippen LogP contribution in [0.3, 0.4) is 0 Å². The largest absolute Gasteiger partial charge is 0.464 e. The lowest BCUT2D eigenvalue weighted by Gasteiger charge is -2.14. The second kappa shape index (κ2) is 7.92. The Morgan fingerprint density at radius 3 is 2.22 bits per heavy atom. The number of carbonyl (C=O) groups is 1. The molecule has 0 aliphatic rings. The monoisotopic (exact) mass is 379 g/mol. The van der Waals surface area contributed by atoms with Crippen molar-refractivity contribution in [2.24, 2.45) is 5.10 Å². The third kappa shape index (κ3) is 3.78. The van der Waals surface area contributed by atoms with Crippen LogP contribution < -0.4 is 5.56 Å². The number of hydrogen-bond donors (Lipinski definition) is 0. The summed E-state index contributed by atoms with van der Waals surface area (Å²) in [5, 5.41) is 4.38. The molecule has 1 aromatic heterocycles. The maximum atomic E-state index is 12.6. The Morgan fingerprint density at radius 1 is 1.04 bits per heavy atom. The molecule has 0 aliphatic heterocycles. The Labute approximate surface area is 161 Å². The normalized spacial score (nSPS) is 11.3. The summed E-state index contributed by atoms with van der Waals surface area (Å²) in [6.45, 7) is 1.79. The van der Waals surface area contributed by atoms with Crippen LogP contribution in [0.4, 0.5) is 0 Å². The average Bonchev–Trinajstić information content (AvgIpc) is 2.71. The van der Waals surface area contributed by atoms with Gasteiger partial charge in [-0.3, -0.25) is 9.36 Å². The van der Waals surface area contributed by atoms with Gasteiger partial charge >= 0.3 is 5.97 Å². The number of para-hydroxylation sites is 1. The molecule has 0 N–H and O–H groups in total. The standard InChI is InChI=1S/C20H17N3O3S/c1-14(15-9-5-3-6-10-15)21-23-18(24)13-17(19(25)26-2)22(20(23)27)16-11-7-4-8-12-16/h3-13H,1-2H3/b21-14+. The molecule has 0 radical (unpaired) electrons. The molecule has 0 fully saturated rings. The predicted molar refractivity (Wildman–Crippen MR) is 106 cm³/mol. The van der Waals surface area contributed by atoms with Gasteiger partial charge in [0, 0.05) is 11.8 Å². The van der Waals surface area contributed by atoms with Crippen molar-refractivity contribution in [2.45, 2.75) is 6.92 Å². The Morgan fingerprint density at radius 2 is 1.63 bits per heavy atom. The van der Waals surface area contributed by atoms with E-state index in [1.165, 1.54) is 17.7 Å². The fourth-order valence-electron chi connectivity index (χ4n) is 2.60. The van der Waals surface area contributed by atoms with Gasteiger partial charge in [-0.2, -0.15) is 9.78 Å². The van der Waals surface area contributed by atoms with Crippen molar-refractivity contribution in [3.63, 3.8) is 0 Å². The summed E-state index contributed by atoms with van der Waals surface area (Å²) in [4.78, 5) is 24.8. The minimum Gasteiger partial charge on any atom is -0.464 e. The van der Waals surface area contributed by atoms with Crippen molar-refractivity contribution in [3.05, 3.63) is 93.1 Å². The zero-order valence-electron chi connectivity index (χ0n) is 14.8. The summed E-state index contributed by atoms with van der Waals surface area (Å²) < 4.78 is 7.47. The molecule has 3 rings (SSSR count). The molecule has 0 aliphatic carbocycles. The van der Waals surface area contributed by atoms with Crippen LogP contribution in [0, 0.1) is 4.77 Å². The van der Waals surface area contributed by atoms with E-state index >= 15 is 0 Å². The van der Waals surface area contributed by atoms with E-state index in [9.17, 15) is 9.59 Å². The predicted octanol–water partition coefficient (Wildman–Crippen LogP) is 3.43. The van der Waals surface area contributed by atoms with E-state index in [2.05, 4.69) is 5.10 Å². The number of hydrogen-bond acceptors (Lipinski definition) is 5. The van der Waals surface area contributed by atoms with Crippen LogP contribution in [0.25, 0.3) is 5.69 Å². The van der Waals surface area contributed by atoms with Crippen LogP contribution in [0.2, 0.25) is 0 Å². The van der Waals surface area contributed by atoms with Crippen LogP contribution in [-0.2, 0) is 4.74 Å². The third-order valence-electron chi connectivity index (χ3n) is 3.93. The highest BCUT2D eigenvalue weighted by Gasteiger charge is 2.17. The van der Waals surface area contributed by atoms with E-state index < -0.39 is 11.5 Å². The van der Waals surface area contributed by atoms with Gasteiger partial charge < -0.3 is 4.74 Å². The first-order valence-electron chi connectivity index (χ1n) is 8.17. The number of esters is 1. The highest BCUT2D eigenvalue weighted by atomic mass is 32.1. The van der Waals surface area contributed by atoms with Crippen molar-refractivity contribution in [2.75, 3.05) is 7.11 Å². The highest BCUT2D eigenvalue weighted by Crippen LogP contribution is 2.13. The SMILES string of the molecule is COC(=O)c1cc(=O)n(/N=C(\C)c2ccccc2)c(=S)n1-c1ccccc1. The molecule has 0 unspecified atom stereocenters. The van der Waals surface area contributed by atoms with E-state index in [0.29, 0.717) is 11.4 Å². The molecular weight excluding hydrogens is 362 g/mol. The maximum absolute atomic E-state index is 12.6. The van der Waals surface area contributed by atoms with Gasteiger partial charge in [0.1, 0.15) is 5.69 Å². The summed E-state index contributed by atoms with van der Waals surface area (Å²) in [6.07, 6.45) is 0. The van der Waals surface area contributed by atoms with E-state index in [4.69, 9.17) is 17.0 Å². The minimum atomic E-state index is -0.655. The Kier molecular flexibility index (Phi) is 5.42. The average molecular weight is 379 g/mol. The molecule has 0 spiro atoms. The molecule has 0 amide bonds. The quantitative estimate of drug-likeness (QED) is 0.396. The van der Waals surface area contributed by atoms with Crippen molar-refractivity contribution < 1.29 is 9.53 Å². The van der Waals surface area contributed by atoms with Gasteiger partial charge in [-0.05, 0) is 36.8 Å². The summed E-state index contributed by atoms with van der Waals surface area (Å²) in [5.41, 5.74) is 1.64. The summed E-state index contributed by atoms with van der Waals surface area (Å²) in [7, 11) is 1.25. The second-order valence-electron chi connectivity index (χ2n) is 5.68. The molecular formula is C20H17N3O3S. The molecule has 0 saturated carbocycles. The summed E-state index contributed by atoms with van der Waals surface area (Å²) in [6, 6.07) is 19.7. The van der Waals surface area contributed by atoms with Gasteiger partial charge in [0.15, 0.2) is 0 Å². The Balaban J connectivity index is 2.27. The smallest absolute Gasteiger partial charge is 0.355 e. The third-order valence-corrected chi connectivity index (χ3v) is 4.29. The zero-order chi connectivity index (χ0) is 19.4. The van der Waals surface area contributed by atoms with Crippen molar-refractivity contribution >= 4 is 23.9 Å². The van der Waals surface area contributed by atoms with Crippen LogP contribution in [0.15, 0.2) is 76.6 Å². The minimum absolute atomic E-state index is 0.0440. The number of benzene rings is 2. The molecule has 136 valence electrons. The first-order valence-corrected chi connectivity index (χ1v) is 8.57. The highest BCUT2D eigenvalue weighted by molar-refractivity contribution is 7.71. The number of rotatable bonds is 4. The first-order chi connectivity index (χ1) is 13.0. The number of methoxy groups -OCH3 is 1. The lowest BCUT2D eigenvalue weighted by molar-refractivity contribution is 0.0589. The summed E-state index contributed by atoms with van der Waals surface area (Å²) >= 11 is 5.50. The van der Waals surface area contributed by atoms with Gasteiger partial charge in [-0.1, -0.05) is 48.5 Å². The molecule has 0 atom stereocenters. The van der Waals surface area contributed by atoms with Gasteiger partial charge in [0.25, 0.3) is 5.56 Å². The van der Waals surface area contributed by atoms with Crippen LogP contribution in [-0.4, -0.2) is 28.0 Å². The van der Waals surface area contributed by atoms with E-state index in [1.807, 2.05) is 48.5 Å². The molecule has 0 saturated heterocycles. The van der Waals surface area contributed by atoms with Crippen LogP contribution >= 0.6 is 12.2 Å². The number of nitrogens with zero attached hydrogens (tertiary/aromatic N) is 3. The molecule has 1 heterocycles. The molecule has 0 bridgehead atoms. The van der Waals surface area contributed by atoms with Crippen molar-refractivity contribution in [3.8, 4) is 5.69 Å². The van der Waals surface area contributed by atoms with Crippen LogP contribution in [0.5, 0.6) is 0 Å². The lowest BCUT2D eigenvalue weighted by Crippen LogP contribution is -2.26. The van der Waals surface area contributed by atoms with Gasteiger partial charge in [0.05, 0.1) is 12.8 Å². The van der Waals surface area contributed by atoms with E-state index in [-0.39, 0.29) is 10.5 Å². The first kappa shape index (κ1) is 18.5. The molecule has 27 heavy (non-hydrogen) atoms. The lowest BCUT2D eigenvalue weighted by atomic mass is 10.1. The number of carbonyl (C=O) groups excluding carboxylic acids is 1. The van der Waals surface area contributed by atoms with E-state index in [0.717, 1.165) is 10.2 Å². The van der Waals surface area contributed by atoms with E-state index in [1.54, 1.807) is 19.1 Å². The van der Waals surface area contributed by atoms with Gasteiger partial charge in [-0.15, -0.1) is 0 Å². The van der Waals surface area contributed by atoms with Crippen LogP contribution in [0.1, 0.15) is 23.0 Å². The number of aromatic nitrogens is 2. The Hall–Kier alpha value is -3.32. The summed E-state index contributed by atoms with van der Waals surface area (Å²) in [5.74, 6) is -0.655. The van der Waals surface area contributed by atoms with Gasteiger partial charge in [-0.25, -0.2) is 4.79 Å². The maximum Gasteiger partial charge on any atom is 0.355 e.